The van der Waals surface area contributed by atoms with E-state index in [4.69, 9.17) is 4.74 Å². The van der Waals surface area contributed by atoms with Gasteiger partial charge in [0.1, 0.15) is 5.75 Å². The quantitative estimate of drug-likeness (QED) is 0.918. The molecule has 1 rings (SSSR count). The fourth-order valence-electron chi connectivity index (χ4n) is 1.14. The first-order valence-corrected chi connectivity index (χ1v) is 5.52. The number of hydrogen-bond acceptors (Lipinski definition) is 2. The van der Waals surface area contributed by atoms with Crippen molar-refractivity contribution in [3.63, 3.8) is 0 Å². The zero-order valence-corrected chi connectivity index (χ0v) is 10.6. The Morgan fingerprint density at radius 1 is 1.47 bits per heavy atom. The first kappa shape index (κ1) is 12.0. The Labute approximate surface area is 97.9 Å². The SMILES string of the molecule is CNC(=O)c1ccc(OC(C)C)c(Br)c1. The number of carbonyl (C=O) groups is 1. The van der Waals surface area contributed by atoms with Gasteiger partial charge in [-0.1, -0.05) is 0 Å². The smallest absolute Gasteiger partial charge is 0.251 e. The van der Waals surface area contributed by atoms with Crippen LogP contribution < -0.4 is 10.1 Å². The third kappa shape index (κ3) is 3.23. The molecular weight excluding hydrogens is 258 g/mol. The number of carbonyl (C=O) groups excluding carboxylic acids is 1. The lowest BCUT2D eigenvalue weighted by atomic mass is 10.2. The summed E-state index contributed by atoms with van der Waals surface area (Å²) in [5, 5.41) is 2.57. The molecule has 15 heavy (non-hydrogen) atoms. The Bertz CT molecular complexity index is 364. The Balaban J connectivity index is 2.93. The molecule has 0 aromatic heterocycles. The predicted molar refractivity (Wildman–Crippen MR) is 63.3 cm³/mol. The zero-order chi connectivity index (χ0) is 11.4. The number of nitrogens with one attached hydrogen (secondary N) is 1. The van der Waals surface area contributed by atoms with Crippen molar-refractivity contribution in [2.24, 2.45) is 0 Å². The second-order valence-corrected chi connectivity index (χ2v) is 4.25. The molecule has 3 nitrogen and oxygen atoms in total. The fraction of sp³-hybridized carbons (Fsp3) is 0.364. The van der Waals surface area contributed by atoms with Gasteiger partial charge in [0.25, 0.3) is 5.91 Å². The molecule has 0 spiro atoms. The minimum atomic E-state index is -0.105. The lowest BCUT2D eigenvalue weighted by Gasteiger charge is -2.12. The van der Waals surface area contributed by atoms with Gasteiger partial charge in [0.05, 0.1) is 10.6 Å². The summed E-state index contributed by atoms with van der Waals surface area (Å²) >= 11 is 3.37. The van der Waals surface area contributed by atoms with Gasteiger partial charge in [-0.3, -0.25) is 4.79 Å². The van der Waals surface area contributed by atoms with Crippen LogP contribution in [-0.4, -0.2) is 19.1 Å². The summed E-state index contributed by atoms with van der Waals surface area (Å²) in [5.41, 5.74) is 0.612. The predicted octanol–water partition coefficient (Wildman–Crippen LogP) is 2.60. The third-order valence-electron chi connectivity index (χ3n) is 1.78. The van der Waals surface area contributed by atoms with E-state index in [1.54, 1.807) is 25.2 Å². The molecule has 0 heterocycles. The molecule has 0 aliphatic rings. The molecule has 4 heteroatoms. The maximum absolute atomic E-state index is 11.3. The van der Waals surface area contributed by atoms with Gasteiger partial charge in [-0.25, -0.2) is 0 Å². The molecule has 0 aliphatic carbocycles. The molecule has 1 aromatic carbocycles. The van der Waals surface area contributed by atoms with E-state index in [2.05, 4.69) is 21.2 Å². The number of halogens is 1. The first-order chi connectivity index (χ1) is 7.04. The topological polar surface area (TPSA) is 38.3 Å². The minimum absolute atomic E-state index is 0.105. The van der Waals surface area contributed by atoms with E-state index in [0.29, 0.717) is 5.56 Å². The second kappa shape index (κ2) is 5.16. The van der Waals surface area contributed by atoms with E-state index in [9.17, 15) is 4.79 Å². The molecule has 0 saturated heterocycles. The number of hydrogen-bond donors (Lipinski definition) is 1. The molecule has 0 fully saturated rings. The molecule has 1 N–H and O–H groups in total. The Morgan fingerprint density at radius 2 is 2.13 bits per heavy atom. The molecular formula is C11H14BrNO2. The van der Waals surface area contributed by atoms with E-state index in [-0.39, 0.29) is 12.0 Å². The maximum atomic E-state index is 11.3. The normalized spacial score (nSPS) is 10.2. The van der Waals surface area contributed by atoms with Crippen LogP contribution in [0.4, 0.5) is 0 Å². The maximum Gasteiger partial charge on any atom is 0.251 e. The second-order valence-electron chi connectivity index (χ2n) is 3.39. The average molecular weight is 272 g/mol. The van der Waals surface area contributed by atoms with E-state index >= 15 is 0 Å². The molecule has 0 atom stereocenters. The van der Waals surface area contributed by atoms with Gasteiger partial charge < -0.3 is 10.1 Å². The van der Waals surface area contributed by atoms with Crippen LogP contribution in [0.3, 0.4) is 0 Å². The summed E-state index contributed by atoms with van der Waals surface area (Å²) in [6.07, 6.45) is 0.118. The van der Waals surface area contributed by atoms with Crippen molar-refractivity contribution < 1.29 is 9.53 Å². The lowest BCUT2D eigenvalue weighted by Crippen LogP contribution is -2.17. The number of rotatable bonds is 3. The highest BCUT2D eigenvalue weighted by Gasteiger charge is 2.08. The van der Waals surface area contributed by atoms with Gasteiger partial charge in [-0.15, -0.1) is 0 Å². The van der Waals surface area contributed by atoms with Crippen LogP contribution in [-0.2, 0) is 0 Å². The van der Waals surface area contributed by atoms with Crippen LogP contribution in [0.15, 0.2) is 22.7 Å². The first-order valence-electron chi connectivity index (χ1n) is 4.73. The van der Waals surface area contributed by atoms with E-state index in [1.807, 2.05) is 13.8 Å². The van der Waals surface area contributed by atoms with Crippen molar-refractivity contribution in [3.05, 3.63) is 28.2 Å². The zero-order valence-electron chi connectivity index (χ0n) is 9.00. The summed E-state index contributed by atoms with van der Waals surface area (Å²) in [6, 6.07) is 5.27. The molecule has 1 aromatic rings. The molecule has 0 saturated carbocycles. The number of benzene rings is 1. The minimum Gasteiger partial charge on any atom is -0.490 e. The highest BCUT2D eigenvalue weighted by atomic mass is 79.9. The Morgan fingerprint density at radius 3 is 2.60 bits per heavy atom. The van der Waals surface area contributed by atoms with E-state index < -0.39 is 0 Å². The van der Waals surface area contributed by atoms with E-state index in [0.717, 1.165) is 10.2 Å². The van der Waals surface area contributed by atoms with Crippen molar-refractivity contribution in [1.29, 1.82) is 0 Å². The lowest BCUT2D eigenvalue weighted by molar-refractivity contribution is 0.0963. The van der Waals surface area contributed by atoms with Gasteiger partial charge in [0, 0.05) is 12.6 Å². The molecule has 0 aliphatic heterocycles. The standard InChI is InChI=1S/C11H14BrNO2/c1-7(2)15-10-5-4-8(6-9(10)12)11(14)13-3/h4-7H,1-3H3,(H,13,14). The number of ether oxygens (including phenoxy) is 1. The Hall–Kier alpha value is -1.03. The van der Waals surface area contributed by atoms with Gasteiger partial charge in [0.15, 0.2) is 0 Å². The van der Waals surface area contributed by atoms with Crippen molar-refractivity contribution in [1.82, 2.24) is 5.32 Å². The van der Waals surface area contributed by atoms with E-state index in [1.165, 1.54) is 0 Å². The van der Waals surface area contributed by atoms with Crippen LogP contribution in [0.5, 0.6) is 5.75 Å². The van der Waals surface area contributed by atoms with Crippen LogP contribution >= 0.6 is 15.9 Å². The highest BCUT2D eigenvalue weighted by Crippen LogP contribution is 2.26. The summed E-state index contributed by atoms with van der Waals surface area (Å²) in [6.45, 7) is 3.91. The number of amides is 1. The van der Waals surface area contributed by atoms with Crippen molar-refractivity contribution >= 4 is 21.8 Å². The van der Waals surface area contributed by atoms with Gasteiger partial charge >= 0.3 is 0 Å². The average Bonchev–Trinajstić information content (AvgIpc) is 2.19. The van der Waals surface area contributed by atoms with Crippen molar-refractivity contribution in [3.8, 4) is 5.75 Å². The van der Waals surface area contributed by atoms with Crippen molar-refractivity contribution in [2.45, 2.75) is 20.0 Å². The largest absolute Gasteiger partial charge is 0.490 e. The van der Waals surface area contributed by atoms with Gasteiger partial charge in [0.2, 0.25) is 0 Å². The molecule has 0 bridgehead atoms. The molecule has 82 valence electrons. The summed E-state index contributed by atoms with van der Waals surface area (Å²) in [4.78, 5) is 11.3. The summed E-state index contributed by atoms with van der Waals surface area (Å²) < 4.78 is 6.32. The third-order valence-corrected chi connectivity index (χ3v) is 2.40. The molecule has 0 unspecified atom stereocenters. The van der Waals surface area contributed by atoms with Crippen LogP contribution in [0.25, 0.3) is 0 Å². The van der Waals surface area contributed by atoms with Crippen LogP contribution in [0, 0.1) is 0 Å². The highest BCUT2D eigenvalue weighted by molar-refractivity contribution is 9.10. The summed E-state index contributed by atoms with van der Waals surface area (Å²) in [7, 11) is 1.61. The fourth-order valence-corrected chi connectivity index (χ4v) is 1.61. The molecule has 0 radical (unpaired) electrons. The molecule has 1 amide bonds. The monoisotopic (exact) mass is 271 g/mol. The van der Waals surface area contributed by atoms with Crippen molar-refractivity contribution in [2.75, 3.05) is 7.05 Å². The summed E-state index contributed by atoms with van der Waals surface area (Å²) in [5.74, 6) is 0.643. The van der Waals surface area contributed by atoms with Crippen LogP contribution in [0.1, 0.15) is 24.2 Å². The Kier molecular flexibility index (Phi) is 4.15. The van der Waals surface area contributed by atoms with Crippen LogP contribution in [0.2, 0.25) is 0 Å². The van der Waals surface area contributed by atoms with Gasteiger partial charge in [-0.05, 0) is 48.0 Å². The van der Waals surface area contributed by atoms with Gasteiger partial charge in [-0.2, -0.15) is 0 Å².